The summed E-state index contributed by atoms with van der Waals surface area (Å²) in [5.74, 6) is 0.110. The van der Waals surface area contributed by atoms with E-state index in [1.165, 1.54) is 99.1 Å². The molecule has 2 aliphatic rings. The van der Waals surface area contributed by atoms with E-state index >= 15 is 0 Å². The summed E-state index contributed by atoms with van der Waals surface area (Å²) in [4.78, 5) is 0. The summed E-state index contributed by atoms with van der Waals surface area (Å²) in [5.41, 5.74) is 18.6. The van der Waals surface area contributed by atoms with Gasteiger partial charge < -0.3 is 0 Å². The number of fused-ring (bicyclic) bond motifs is 5. The van der Waals surface area contributed by atoms with Crippen LogP contribution < -0.4 is 10.4 Å². The van der Waals surface area contributed by atoms with Gasteiger partial charge in [-0.1, -0.05) is 193 Å². The molecule has 0 fully saturated rings. The third-order valence-electron chi connectivity index (χ3n) is 11.7. The molecule has 2 aliphatic carbocycles. The van der Waals surface area contributed by atoms with Crippen molar-refractivity contribution in [2.24, 2.45) is 0 Å². The first-order valence-corrected chi connectivity index (χ1v) is 19.5. The van der Waals surface area contributed by atoms with Crippen LogP contribution in [-0.2, 0) is 10.8 Å². The zero-order valence-electron chi connectivity index (χ0n) is 32.6. The molecule has 0 nitrogen and oxygen atoms in total. The van der Waals surface area contributed by atoms with Crippen molar-refractivity contribution in [1.29, 1.82) is 0 Å². The maximum Gasteiger partial charge on any atom is 0.0315 e. The van der Waals surface area contributed by atoms with E-state index in [4.69, 9.17) is 0 Å². The summed E-state index contributed by atoms with van der Waals surface area (Å²) < 4.78 is 0. The first-order valence-electron chi connectivity index (χ1n) is 19.5. The van der Waals surface area contributed by atoms with Crippen molar-refractivity contribution in [2.75, 3.05) is 0 Å². The highest BCUT2D eigenvalue weighted by Gasteiger charge is 2.35. The van der Waals surface area contributed by atoms with Gasteiger partial charge in [0.2, 0.25) is 0 Å². The van der Waals surface area contributed by atoms with Crippen molar-refractivity contribution < 1.29 is 0 Å². The van der Waals surface area contributed by atoms with Crippen LogP contribution in [0.1, 0.15) is 98.9 Å². The van der Waals surface area contributed by atoms with Crippen molar-refractivity contribution in [3.05, 3.63) is 206 Å². The van der Waals surface area contributed by atoms with Gasteiger partial charge in [-0.15, -0.1) is 0 Å². The molecular formula is C54H48. The molecule has 0 bridgehead atoms. The summed E-state index contributed by atoms with van der Waals surface area (Å²) >= 11 is 0. The van der Waals surface area contributed by atoms with Crippen LogP contribution in [0.2, 0.25) is 0 Å². The van der Waals surface area contributed by atoms with Gasteiger partial charge in [-0.05, 0) is 123 Å². The molecule has 54 heavy (non-hydrogen) atoms. The minimum Gasteiger partial charge on any atom is -0.0622 e. The van der Waals surface area contributed by atoms with E-state index in [9.17, 15) is 0 Å². The summed E-state index contributed by atoms with van der Waals surface area (Å²) in [5, 5.41) is 5.26. The van der Waals surface area contributed by atoms with Gasteiger partial charge in [0.25, 0.3) is 0 Å². The second kappa shape index (κ2) is 12.7. The third-order valence-corrected chi connectivity index (χ3v) is 11.7. The average molecular weight is 697 g/mol. The average Bonchev–Trinajstić information content (AvgIpc) is 3.70. The van der Waals surface area contributed by atoms with Gasteiger partial charge in [0.05, 0.1) is 0 Å². The van der Waals surface area contributed by atoms with Crippen LogP contribution in [0.15, 0.2) is 151 Å². The molecule has 0 aromatic heterocycles. The Morgan fingerprint density at radius 3 is 1.83 bits per heavy atom. The highest BCUT2D eigenvalue weighted by molar-refractivity contribution is 6.00. The number of rotatable bonds is 4. The van der Waals surface area contributed by atoms with Crippen molar-refractivity contribution >= 4 is 28.5 Å². The number of benzene rings is 7. The topological polar surface area (TPSA) is 0 Å². The van der Waals surface area contributed by atoms with Crippen LogP contribution in [0.25, 0.3) is 50.8 Å². The smallest absolute Gasteiger partial charge is 0.0315 e. The SMILES string of the molecule is CC1=Cc2c(-c3cccc4ccccc34)cccc2C1c1c(C(C)(C)C)c(=C(c2ccccc2)c2ccccc2)cc2c1=Cc1cc(C(C)(C)C)ccc1-2. The maximum atomic E-state index is 2.54. The molecule has 1 atom stereocenters. The lowest BCUT2D eigenvalue weighted by Crippen LogP contribution is -2.34. The molecule has 264 valence electrons. The normalized spacial score (nSPS) is 14.6. The minimum absolute atomic E-state index is 0.0610. The van der Waals surface area contributed by atoms with Crippen molar-refractivity contribution in [2.45, 2.75) is 65.2 Å². The Hall–Kier alpha value is -5.72. The van der Waals surface area contributed by atoms with Gasteiger partial charge in [0.1, 0.15) is 0 Å². The predicted octanol–water partition coefficient (Wildman–Crippen LogP) is 12.7. The monoisotopic (exact) mass is 696 g/mol. The lowest BCUT2D eigenvalue weighted by molar-refractivity contribution is 0.575. The van der Waals surface area contributed by atoms with E-state index in [2.05, 4.69) is 206 Å². The third kappa shape index (κ3) is 5.59. The van der Waals surface area contributed by atoms with E-state index in [-0.39, 0.29) is 16.7 Å². The fourth-order valence-electron chi connectivity index (χ4n) is 9.27. The highest BCUT2D eigenvalue weighted by Crippen LogP contribution is 2.47. The molecule has 0 saturated carbocycles. The van der Waals surface area contributed by atoms with E-state index in [0.717, 1.165) is 0 Å². The van der Waals surface area contributed by atoms with Crippen molar-refractivity contribution in [3.8, 4) is 22.3 Å². The zero-order valence-corrected chi connectivity index (χ0v) is 32.6. The van der Waals surface area contributed by atoms with Crippen molar-refractivity contribution in [1.82, 2.24) is 0 Å². The second-order valence-corrected chi connectivity index (χ2v) is 17.4. The van der Waals surface area contributed by atoms with Crippen LogP contribution in [0.4, 0.5) is 0 Å². The van der Waals surface area contributed by atoms with Crippen LogP contribution in [0.5, 0.6) is 0 Å². The summed E-state index contributed by atoms with van der Waals surface area (Å²) in [6.45, 7) is 16.5. The second-order valence-electron chi connectivity index (χ2n) is 17.4. The van der Waals surface area contributed by atoms with E-state index in [0.29, 0.717) is 0 Å². The lowest BCUT2D eigenvalue weighted by Gasteiger charge is -2.30. The van der Waals surface area contributed by atoms with Crippen LogP contribution in [0.3, 0.4) is 0 Å². The summed E-state index contributed by atoms with van der Waals surface area (Å²) in [7, 11) is 0. The Bertz CT molecular complexity index is 2720. The van der Waals surface area contributed by atoms with Gasteiger partial charge in [0, 0.05) is 5.92 Å². The molecule has 0 aliphatic heterocycles. The van der Waals surface area contributed by atoms with Crippen LogP contribution in [-0.4, -0.2) is 0 Å². The number of hydrogen-bond acceptors (Lipinski definition) is 0. The maximum absolute atomic E-state index is 2.54. The van der Waals surface area contributed by atoms with Gasteiger partial charge >= 0.3 is 0 Å². The van der Waals surface area contributed by atoms with Crippen molar-refractivity contribution in [3.63, 3.8) is 0 Å². The molecule has 0 radical (unpaired) electrons. The molecule has 7 aromatic carbocycles. The number of hydrogen-bond donors (Lipinski definition) is 0. The van der Waals surface area contributed by atoms with Gasteiger partial charge in [-0.25, -0.2) is 0 Å². The molecule has 0 heteroatoms. The summed E-state index contributed by atoms with van der Waals surface area (Å²) in [6, 6.07) is 54.3. The van der Waals surface area contributed by atoms with Gasteiger partial charge in [-0.3, -0.25) is 0 Å². The summed E-state index contributed by atoms with van der Waals surface area (Å²) in [6.07, 6.45) is 5.00. The Morgan fingerprint density at radius 1 is 0.519 bits per heavy atom. The molecular weight excluding hydrogens is 649 g/mol. The number of allylic oxidation sites excluding steroid dienone is 1. The molecule has 9 rings (SSSR count). The highest BCUT2D eigenvalue weighted by atomic mass is 14.4. The first-order chi connectivity index (χ1) is 26.0. The fraction of sp³-hybridized carbons (Fsp3) is 0.185. The minimum atomic E-state index is -0.163. The van der Waals surface area contributed by atoms with Gasteiger partial charge in [-0.2, -0.15) is 0 Å². The first kappa shape index (κ1) is 34.1. The molecule has 1 unspecified atom stereocenters. The molecule has 0 heterocycles. The molecule has 0 N–H and O–H groups in total. The molecule has 0 amide bonds. The van der Waals surface area contributed by atoms with E-state index in [1.807, 2.05) is 0 Å². The quantitative estimate of drug-likeness (QED) is 0.172. The Morgan fingerprint density at radius 2 is 1.15 bits per heavy atom. The molecule has 0 saturated heterocycles. The van der Waals surface area contributed by atoms with Crippen LogP contribution in [0, 0.1) is 0 Å². The van der Waals surface area contributed by atoms with E-state index in [1.54, 1.807) is 0 Å². The Labute approximate surface area is 320 Å². The molecule has 0 spiro atoms. The lowest BCUT2D eigenvalue weighted by atomic mass is 9.73. The van der Waals surface area contributed by atoms with E-state index < -0.39 is 0 Å². The fourth-order valence-corrected chi connectivity index (χ4v) is 9.27. The van der Waals surface area contributed by atoms with Crippen LogP contribution >= 0.6 is 0 Å². The molecule has 7 aromatic rings. The Balaban J connectivity index is 1.43. The predicted molar refractivity (Wildman–Crippen MR) is 231 cm³/mol. The Kier molecular flexibility index (Phi) is 8.02. The van der Waals surface area contributed by atoms with Gasteiger partial charge in [0.15, 0.2) is 0 Å². The standard InChI is InChI=1S/C54H48/c1-34-30-45-43(42-25-16-23-35-18-14-15-24-40(35)42)26-17-27-44(45)49(34)51-47-32-38-31-39(53(2,3)4)28-29-41(38)46(47)33-48(52(51)54(5,6)7)50(36-19-10-8-11-20-36)37-21-12-9-13-22-37/h8-33,49H,1-7H3. The zero-order chi connectivity index (χ0) is 37.4. The largest absolute Gasteiger partial charge is 0.0622 e.